The van der Waals surface area contributed by atoms with Gasteiger partial charge in [0.2, 0.25) is 0 Å². The lowest BCUT2D eigenvalue weighted by atomic mass is 10.1. The first kappa shape index (κ1) is 26.1. The molecule has 0 radical (unpaired) electrons. The van der Waals surface area contributed by atoms with Crippen molar-refractivity contribution in [3.63, 3.8) is 0 Å². The van der Waals surface area contributed by atoms with E-state index in [9.17, 15) is 18.3 Å². The first-order valence-corrected chi connectivity index (χ1v) is 14.5. The molecule has 0 bridgehead atoms. The zero-order valence-corrected chi connectivity index (χ0v) is 22.2. The predicted molar refractivity (Wildman–Crippen MR) is 151 cm³/mol. The molecule has 4 aromatic rings. The lowest BCUT2D eigenvalue weighted by Gasteiger charge is -2.18. The van der Waals surface area contributed by atoms with Gasteiger partial charge < -0.3 is 10.0 Å². The maximum absolute atomic E-state index is 13.3. The summed E-state index contributed by atoms with van der Waals surface area (Å²) in [5.74, 6) is -0.815. The van der Waals surface area contributed by atoms with Crippen molar-refractivity contribution >= 4 is 50.4 Å². The van der Waals surface area contributed by atoms with Crippen LogP contribution in [-0.4, -0.2) is 48.2 Å². The van der Waals surface area contributed by atoms with Gasteiger partial charge in [0.25, 0.3) is 5.91 Å². The summed E-state index contributed by atoms with van der Waals surface area (Å²) in [4.78, 5) is 19.2. The highest BCUT2D eigenvalue weighted by Gasteiger charge is 2.28. The first-order chi connectivity index (χ1) is 18.3. The second-order valence-electron chi connectivity index (χ2n) is 9.37. The van der Waals surface area contributed by atoms with Gasteiger partial charge in [-0.3, -0.25) is 4.79 Å². The van der Waals surface area contributed by atoms with E-state index in [1.54, 1.807) is 41.3 Å². The number of carbonyl (C=O) groups excluding carboxylic acids is 1. The summed E-state index contributed by atoms with van der Waals surface area (Å²) in [6, 6.07) is 22.7. The van der Waals surface area contributed by atoms with Crippen LogP contribution in [0.5, 0.6) is 0 Å². The minimum Gasteiger partial charge on any atom is -0.387 e. The fraction of sp³-hybridized carbons (Fsp3) is 0.200. The molecule has 0 aliphatic carbocycles. The van der Waals surface area contributed by atoms with Gasteiger partial charge in [-0.05, 0) is 66.4 Å². The molecule has 38 heavy (non-hydrogen) atoms. The third-order valence-electron chi connectivity index (χ3n) is 6.64. The summed E-state index contributed by atoms with van der Waals surface area (Å²) >= 11 is 6.09. The minimum absolute atomic E-state index is 0.0468. The van der Waals surface area contributed by atoms with Gasteiger partial charge in [-0.15, -0.1) is 0 Å². The van der Waals surface area contributed by atoms with Crippen molar-refractivity contribution < 1.29 is 18.3 Å². The Labute approximate surface area is 227 Å². The highest BCUT2D eigenvalue weighted by atomic mass is 35.5. The molecule has 1 aliphatic rings. The summed E-state index contributed by atoms with van der Waals surface area (Å²) in [6.45, 7) is 1.25. The van der Waals surface area contributed by atoms with Crippen molar-refractivity contribution in [2.75, 3.05) is 18.8 Å². The summed E-state index contributed by atoms with van der Waals surface area (Å²) < 4.78 is 26.6. The maximum atomic E-state index is 13.3. The third kappa shape index (κ3) is 5.80. The van der Waals surface area contributed by atoms with E-state index in [1.807, 2.05) is 48.6 Å². The molecule has 5 rings (SSSR count). The molecule has 8 heteroatoms. The summed E-state index contributed by atoms with van der Waals surface area (Å²) in [5, 5.41) is 12.5. The Morgan fingerprint density at radius 3 is 2.55 bits per heavy atom. The van der Waals surface area contributed by atoms with Crippen LogP contribution in [0.25, 0.3) is 23.1 Å². The fourth-order valence-corrected chi connectivity index (χ4v) is 6.38. The molecular formula is C30H27ClN2O4S. The van der Waals surface area contributed by atoms with Gasteiger partial charge in [0.15, 0.2) is 9.84 Å². The van der Waals surface area contributed by atoms with Crippen LogP contribution in [0.4, 0.5) is 0 Å². The molecule has 1 unspecified atom stereocenters. The maximum Gasteiger partial charge on any atom is 0.255 e. The third-order valence-corrected chi connectivity index (χ3v) is 8.66. The number of benzene rings is 3. The number of aliphatic hydroxyl groups is 1. The second-order valence-corrected chi connectivity index (χ2v) is 11.8. The molecule has 1 saturated heterocycles. The lowest BCUT2D eigenvalue weighted by molar-refractivity contribution is 0.0789. The van der Waals surface area contributed by atoms with Gasteiger partial charge in [-0.2, -0.15) is 0 Å². The van der Waals surface area contributed by atoms with Crippen LogP contribution in [-0.2, 0) is 9.84 Å². The van der Waals surface area contributed by atoms with Gasteiger partial charge >= 0.3 is 0 Å². The van der Waals surface area contributed by atoms with Crippen LogP contribution in [0.2, 0.25) is 5.02 Å². The van der Waals surface area contributed by atoms with Gasteiger partial charge in [-0.25, -0.2) is 13.4 Å². The molecule has 1 aliphatic heterocycles. The predicted octanol–water partition coefficient (Wildman–Crippen LogP) is 5.80. The lowest BCUT2D eigenvalue weighted by Crippen LogP contribution is -2.29. The molecule has 2 heterocycles. The van der Waals surface area contributed by atoms with Gasteiger partial charge in [-0.1, -0.05) is 60.1 Å². The van der Waals surface area contributed by atoms with Crippen molar-refractivity contribution in [2.45, 2.75) is 23.8 Å². The van der Waals surface area contributed by atoms with Crippen LogP contribution in [0.15, 0.2) is 83.8 Å². The highest BCUT2D eigenvalue weighted by molar-refractivity contribution is 7.91. The standard InChI is InChI=1S/C30H27ClN2O4S/c31-24-13-11-22-12-15-25(32-27(22)19-24)14-10-21-6-5-7-23(18-21)28(34)20-38(36,37)29-9-2-1-8-26(29)30(35)33-16-3-4-17-33/h1-2,5-15,18-19,28,34H,3-4,16-17,20H2/b14-10+. The average Bonchev–Trinajstić information content (AvgIpc) is 3.46. The molecule has 6 nitrogen and oxygen atoms in total. The average molecular weight is 547 g/mol. The Hall–Kier alpha value is -3.52. The zero-order chi connectivity index (χ0) is 26.7. The SMILES string of the molecule is O=C(c1ccccc1S(=O)(=O)CC(O)c1cccc(/C=C/c2ccc3ccc(Cl)cc3n2)c1)N1CCCC1. The number of sulfone groups is 1. The van der Waals surface area contributed by atoms with E-state index in [4.69, 9.17) is 11.6 Å². The fourth-order valence-electron chi connectivity index (χ4n) is 4.65. The number of aromatic nitrogens is 1. The van der Waals surface area contributed by atoms with Crippen molar-refractivity contribution in [3.05, 3.63) is 106 Å². The van der Waals surface area contributed by atoms with E-state index in [1.165, 1.54) is 6.07 Å². The molecule has 1 N–H and O–H groups in total. The number of carbonyl (C=O) groups is 1. The normalized spacial score (nSPS) is 14.8. The number of hydrogen-bond donors (Lipinski definition) is 1. The largest absolute Gasteiger partial charge is 0.387 e. The van der Waals surface area contributed by atoms with E-state index >= 15 is 0 Å². The zero-order valence-electron chi connectivity index (χ0n) is 20.6. The van der Waals surface area contributed by atoms with Crippen LogP contribution in [0.3, 0.4) is 0 Å². The van der Waals surface area contributed by atoms with E-state index < -0.39 is 21.7 Å². The highest BCUT2D eigenvalue weighted by Crippen LogP contribution is 2.26. The van der Waals surface area contributed by atoms with E-state index in [0.717, 1.165) is 35.0 Å². The molecule has 0 saturated carbocycles. The molecule has 3 aromatic carbocycles. The molecule has 1 aromatic heterocycles. The van der Waals surface area contributed by atoms with Gasteiger partial charge in [0.1, 0.15) is 0 Å². The van der Waals surface area contributed by atoms with Gasteiger partial charge in [0.05, 0.1) is 33.5 Å². The minimum atomic E-state index is -3.94. The molecule has 0 spiro atoms. The Kier molecular flexibility index (Phi) is 7.61. The number of aliphatic hydroxyl groups excluding tert-OH is 1. The quantitative estimate of drug-likeness (QED) is 0.316. The van der Waals surface area contributed by atoms with E-state index in [2.05, 4.69) is 4.98 Å². The molecule has 1 atom stereocenters. The number of hydrogen-bond acceptors (Lipinski definition) is 5. The Morgan fingerprint density at radius 1 is 0.974 bits per heavy atom. The number of fused-ring (bicyclic) bond motifs is 1. The number of amides is 1. The number of rotatable bonds is 7. The topological polar surface area (TPSA) is 87.6 Å². The summed E-state index contributed by atoms with van der Waals surface area (Å²) in [6.07, 6.45) is 4.27. The summed E-state index contributed by atoms with van der Waals surface area (Å²) in [5.41, 5.74) is 2.95. The van der Waals surface area contributed by atoms with E-state index in [-0.39, 0.29) is 16.4 Å². The van der Waals surface area contributed by atoms with Gasteiger partial charge in [0, 0.05) is 23.5 Å². The second kappa shape index (κ2) is 11.1. The number of likely N-dealkylation sites (tertiary alicyclic amines) is 1. The van der Waals surface area contributed by atoms with Crippen molar-refractivity contribution in [2.24, 2.45) is 0 Å². The van der Waals surface area contributed by atoms with Crippen LogP contribution >= 0.6 is 11.6 Å². The summed E-state index contributed by atoms with van der Waals surface area (Å²) in [7, 11) is -3.94. The molecule has 1 fully saturated rings. The van der Waals surface area contributed by atoms with Crippen LogP contribution in [0, 0.1) is 0 Å². The Morgan fingerprint density at radius 2 is 1.74 bits per heavy atom. The number of halogens is 1. The Bertz CT molecular complexity index is 1630. The van der Waals surface area contributed by atoms with Crippen molar-refractivity contribution in [1.82, 2.24) is 9.88 Å². The monoisotopic (exact) mass is 546 g/mol. The van der Waals surface area contributed by atoms with Crippen LogP contribution < -0.4 is 0 Å². The smallest absolute Gasteiger partial charge is 0.255 e. The van der Waals surface area contributed by atoms with Crippen molar-refractivity contribution in [1.29, 1.82) is 0 Å². The molecule has 1 amide bonds. The van der Waals surface area contributed by atoms with E-state index in [0.29, 0.717) is 23.7 Å². The number of nitrogens with zero attached hydrogens (tertiary/aromatic N) is 2. The first-order valence-electron chi connectivity index (χ1n) is 12.4. The molecular weight excluding hydrogens is 520 g/mol. The van der Waals surface area contributed by atoms with Crippen molar-refractivity contribution in [3.8, 4) is 0 Å². The molecule has 194 valence electrons. The number of pyridine rings is 1. The Balaban J connectivity index is 1.34. The van der Waals surface area contributed by atoms with Crippen LogP contribution in [0.1, 0.15) is 46.1 Å².